The first kappa shape index (κ1) is 20.8. The highest BCUT2D eigenvalue weighted by Crippen LogP contribution is 2.33. The molecule has 0 N–H and O–H groups in total. The molecule has 0 atom stereocenters. The summed E-state index contributed by atoms with van der Waals surface area (Å²) >= 11 is 0. The Bertz CT molecular complexity index is 1050. The Labute approximate surface area is 187 Å². The summed E-state index contributed by atoms with van der Waals surface area (Å²) in [6.07, 6.45) is 8.00. The summed E-state index contributed by atoms with van der Waals surface area (Å²) in [7, 11) is 0. The third-order valence-corrected chi connectivity index (χ3v) is 6.42. The van der Waals surface area contributed by atoms with Crippen molar-refractivity contribution in [1.29, 1.82) is 0 Å². The van der Waals surface area contributed by atoms with Gasteiger partial charge in [0.15, 0.2) is 0 Å². The van der Waals surface area contributed by atoms with Crippen molar-refractivity contribution in [3.8, 4) is 11.4 Å². The Balaban J connectivity index is 1.14. The molecule has 0 unspecified atom stereocenters. The van der Waals surface area contributed by atoms with Crippen LogP contribution in [-0.2, 0) is 6.54 Å². The summed E-state index contributed by atoms with van der Waals surface area (Å²) in [5.41, 5.74) is 3.44. The van der Waals surface area contributed by atoms with Gasteiger partial charge in [0, 0.05) is 50.4 Å². The van der Waals surface area contributed by atoms with Crippen molar-refractivity contribution in [2.24, 2.45) is 0 Å². The van der Waals surface area contributed by atoms with E-state index in [1.165, 1.54) is 18.4 Å². The molecule has 1 aromatic carbocycles. The second-order valence-corrected chi connectivity index (χ2v) is 8.75. The van der Waals surface area contributed by atoms with Crippen LogP contribution in [0.3, 0.4) is 0 Å². The Morgan fingerprint density at radius 1 is 1.03 bits per heavy atom. The maximum absolute atomic E-state index is 12.6. The van der Waals surface area contributed by atoms with Crippen LogP contribution in [-0.4, -0.2) is 62.0 Å². The molecule has 2 aliphatic rings. The fourth-order valence-electron chi connectivity index (χ4n) is 4.48. The van der Waals surface area contributed by atoms with E-state index in [1.807, 2.05) is 11.8 Å². The van der Waals surface area contributed by atoms with Crippen molar-refractivity contribution in [3.05, 3.63) is 59.5 Å². The van der Waals surface area contributed by atoms with E-state index in [1.54, 1.807) is 12.4 Å². The van der Waals surface area contributed by atoms with Crippen LogP contribution in [0.25, 0.3) is 11.4 Å². The minimum absolute atomic E-state index is 0.0430. The number of hydrogen-bond donors (Lipinski definition) is 0. The lowest BCUT2D eigenvalue weighted by atomic mass is 10.1. The van der Waals surface area contributed by atoms with Crippen LogP contribution in [0.15, 0.2) is 41.2 Å². The number of aryl methyl sites for hydroxylation is 1. The molecule has 32 heavy (non-hydrogen) atoms. The van der Waals surface area contributed by atoms with Crippen LogP contribution in [0.2, 0.25) is 0 Å². The molecule has 0 spiro atoms. The minimum atomic E-state index is -0.0430. The topological polar surface area (TPSA) is 88.3 Å². The van der Waals surface area contributed by atoms with Gasteiger partial charge in [0.1, 0.15) is 5.69 Å². The van der Waals surface area contributed by atoms with E-state index in [2.05, 4.69) is 49.3 Å². The van der Waals surface area contributed by atoms with Gasteiger partial charge in [0.05, 0.1) is 11.9 Å². The fourth-order valence-corrected chi connectivity index (χ4v) is 4.48. The van der Waals surface area contributed by atoms with Gasteiger partial charge >= 0.3 is 0 Å². The number of benzene rings is 1. The second kappa shape index (κ2) is 9.16. The molecule has 1 aliphatic heterocycles. The summed E-state index contributed by atoms with van der Waals surface area (Å²) in [5, 5.41) is 4.19. The van der Waals surface area contributed by atoms with Crippen LogP contribution in [0.4, 0.5) is 0 Å². The molecule has 166 valence electrons. The Morgan fingerprint density at radius 3 is 2.47 bits per heavy atom. The lowest BCUT2D eigenvalue weighted by Gasteiger charge is -2.34. The summed E-state index contributed by atoms with van der Waals surface area (Å²) in [6, 6.07) is 8.38. The van der Waals surface area contributed by atoms with Gasteiger partial charge < -0.3 is 9.42 Å². The van der Waals surface area contributed by atoms with E-state index >= 15 is 0 Å². The number of hydrogen-bond acceptors (Lipinski definition) is 7. The first-order valence-electron chi connectivity index (χ1n) is 11.4. The lowest BCUT2D eigenvalue weighted by Crippen LogP contribution is -2.48. The smallest absolute Gasteiger partial charge is 0.274 e. The van der Waals surface area contributed by atoms with Crippen LogP contribution < -0.4 is 0 Å². The summed E-state index contributed by atoms with van der Waals surface area (Å²) in [6.45, 7) is 5.78. The Kier molecular flexibility index (Phi) is 5.94. The maximum atomic E-state index is 12.6. The molecular formula is C24H28N6O2. The van der Waals surface area contributed by atoms with Gasteiger partial charge in [0.2, 0.25) is 11.7 Å². The van der Waals surface area contributed by atoms with Crippen molar-refractivity contribution in [1.82, 2.24) is 29.9 Å². The number of carbonyl (C=O) groups excluding carboxylic acids is 1. The number of carbonyl (C=O) groups is 1. The van der Waals surface area contributed by atoms with Gasteiger partial charge in [-0.2, -0.15) is 4.98 Å². The molecule has 1 saturated heterocycles. The zero-order chi connectivity index (χ0) is 21.9. The van der Waals surface area contributed by atoms with Gasteiger partial charge in [-0.15, -0.1) is 0 Å². The summed E-state index contributed by atoms with van der Waals surface area (Å²) in [4.78, 5) is 29.9. The van der Waals surface area contributed by atoms with Gasteiger partial charge in [-0.25, -0.2) is 4.98 Å². The summed E-state index contributed by atoms with van der Waals surface area (Å²) in [5.74, 6) is 1.84. The number of aromatic nitrogens is 4. The number of rotatable bonds is 5. The largest absolute Gasteiger partial charge is 0.339 e. The van der Waals surface area contributed by atoms with E-state index in [-0.39, 0.29) is 5.91 Å². The molecule has 8 heteroatoms. The highest BCUT2D eigenvalue weighted by Gasteiger charge is 2.24. The SMILES string of the molecule is Cc1cnc(C(=O)N2CCN(Cc3ccc(-c4noc(C5CCCC5)n4)cc3)CC2)cn1. The number of piperazine rings is 1. The molecule has 2 aromatic heterocycles. The monoisotopic (exact) mass is 432 g/mol. The van der Waals surface area contributed by atoms with E-state index < -0.39 is 0 Å². The zero-order valence-corrected chi connectivity index (χ0v) is 18.4. The van der Waals surface area contributed by atoms with Crippen molar-refractivity contribution in [2.45, 2.75) is 45.1 Å². The molecule has 3 heterocycles. The fraction of sp³-hybridized carbons (Fsp3) is 0.458. The number of nitrogens with zero attached hydrogens (tertiary/aromatic N) is 6. The van der Waals surface area contributed by atoms with Gasteiger partial charge in [-0.1, -0.05) is 42.3 Å². The molecule has 1 aliphatic carbocycles. The van der Waals surface area contributed by atoms with Crippen LogP contribution in [0.5, 0.6) is 0 Å². The van der Waals surface area contributed by atoms with E-state index in [9.17, 15) is 4.79 Å². The van der Waals surface area contributed by atoms with Gasteiger partial charge in [-0.05, 0) is 25.3 Å². The van der Waals surface area contributed by atoms with Gasteiger partial charge in [0.25, 0.3) is 5.91 Å². The highest BCUT2D eigenvalue weighted by atomic mass is 16.5. The standard InChI is InChI=1S/C24H28N6O2/c1-17-14-26-21(15-25-17)24(31)30-12-10-29(11-13-30)16-18-6-8-19(9-7-18)22-27-23(32-28-22)20-4-2-3-5-20/h6-9,14-15,20H,2-5,10-13,16H2,1H3. The Morgan fingerprint density at radius 2 is 1.78 bits per heavy atom. The molecule has 2 fully saturated rings. The van der Waals surface area contributed by atoms with Crippen molar-refractivity contribution >= 4 is 5.91 Å². The average Bonchev–Trinajstić information content (AvgIpc) is 3.53. The van der Waals surface area contributed by atoms with Crippen LogP contribution in [0, 0.1) is 6.92 Å². The van der Waals surface area contributed by atoms with Crippen LogP contribution in [0.1, 0.15) is 59.2 Å². The van der Waals surface area contributed by atoms with E-state index in [4.69, 9.17) is 4.52 Å². The predicted octanol–water partition coefficient (Wildman–Crippen LogP) is 3.45. The van der Waals surface area contributed by atoms with Crippen LogP contribution >= 0.6 is 0 Å². The highest BCUT2D eigenvalue weighted by molar-refractivity contribution is 5.92. The zero-order valence-electron chi connectivity index (χ0n) is 18.4. The van der Waals surface area contributed by atoms with Crippen molar-refractivity contribution in [2.75, 3.05) is 26.2 Å². The normalized spacial score (nSPS) is 17.7. The van der Waals surface area contributed by atoms with Crippen molar-refractivity contribution in [3.63, 3.8) is 0 Å². The molecular weight excluding hydrogens is 404 g/mol. The van der Waals surface area contributed by atoms with Gasteiger partial charge in [-0.3, -0.25) is 14.7 Å². The average molecular weight is 433 g/mol. The van der Waals surface area contributed by atoms with E-state index in [0.29, 0.717) is 30.5 Å². The number of amides is 1. The first-order chi connectivity index (χ1) is 15.7. The lowest BCUT2D eigenvalue weighted by molar-refractivity contribution is 0.0622. The molecule has 1 saturated carbocycles. The summed E-state index contributed by atoms with van der Waals surface area (Å²) < 4.78 is 5.51. The molecule has 8 nitrogen and oxygen atoms in total. The third-order valence-electron chi connectivity index (χ3n) is 6.42. The molecule has 1 amide bonds. The molecule has 3 aromatic rings. The van der Waals surface area contributed by atoms with E-state index in [0.717, 1.165) is 49.6 Å². The molecule has 0 radical (unpaired) electrons. The first-order valence-corrected chi connectivity index (χ1v) is 11.4. The minimum Gasteiger partial charge on any atom is -0.339 e. The molecule has 5 rings (SSSR count). The predicted molar refractivity (Wildman–Crippen MR) is 119 cm³/mol. The molecule has 0 bridgehead atoms. The van der Waals surface area contributed by atoms with Crippen molar-refractivity contribution < 1.29 is 9.32 Å². The third kappa shape index (κ3) is 4.55. The second-order valence-electron chi connectivity index (χ2n) is 8.75. The Hall–Kier alpha value is -3.13. The quantitative estimate of drug-likeness (QED) is 0.610. The maximum Gasteiger partial charge on any atom is 0.274 e.